The fraction of sp³-hybridized carbons (Fsp3) is 0.357. The van der Waals surface area contributed by atoms with E-state index in [4.69, 9.17) is 9.72 Å². The number of hydrogen-bond donors (Lipinski definition) is 0. The van der Waals surface area contributed by atoms with Gasteiger partial charge >= 0.3 is 0 Å². The van der Waals surface area contributed by atoms with E-state index in [1.807, 2.05) is 10.7 Å². The summed E-state index contributed by atoms with van der Waals surface area (Å²) in [6, 6.07) is 8.25. The molecule has 3 heterocycles. The largest absolute Gasteiger partial charge is 0.373 e. The summed E-state index contributed by atoms with van der Waals surface area (Å²) in [5, 5.41) is 5.21. The minimum Gasteiger partial charge on any atom is -0.373 e. The molecule has 21 heavy (non-hydrogen) atoms. The van der Waals surface area contributed by atoms with Crippen molar-refractivity contribution < 1.29 is 4.74 Å². The highest BCUT2D eigenvalue weighted by atomic mass is 32.1. The molecule has 2 aromatic heterocycles. The molecule has 0 saturated carbocycles. The smallest absolute Gasteiger partial charge is 0.186 e. The Hall–Kier alpha value is -1.99. The molecule has 0 spiro atoms. The number of hydrogen-bond acceptors (Lipinski definition) is 6. The summed E-state index contributed by atoms with van der Waals surface area (Å²) in [6.07, 6.45) is 3.39. The van der Waals surface area contributed by atoms with E-state index in [-0.39, 0.29) is 6.10 Å². The molecule has 1 aliphatic heterocycles. The van der Waals surface area contributed by atoms with Gasteiger partial charge in [0.05, 0.1) is 29.5 Å². The molecule has 0 unspecified atom stereocenters. The van der Waals surface area contributed by atoms with Crippen LogP contribution in [0.3, 0.4) is 0 Å². The second kappa shape index (κ2) is 5.42. The average molecular weight is 301 g/mol. The number of ether oxygens (including phenoxy) is 1. The minimum absolute atomic E-state index is 0.118. The van der Waals surface area contributed by atoms with Gasteiger partial charge in [0.25, 0.3) is 0 Å². The summed E-state index contributed by atoms with van der Waals surface area (Å²) in [4.78, 5) is 11.0. The number of nitrogens with zero attached hydrogens (tertiary/aromatic N) is 5. The predicted octanol–water partition coefficient (Wildman–Crippen LogP) is 1.79. The van der Waals surface area contributed by atoms with Crippen LogP contribution in [0.1, 0.15) is 0 Å². The van der Waals surface area contributed by atoms with E-state index in [0.717, 1.165) is 36.9 Å². The Balaban J connectivity index is 1.52. The van der Waals surface area contributed by atoms with E-state index in [0.29, 0.717) is 0 Å². The highest BCUT2D eigenvalue weighted by molar-refractivity contribution is 7.22. The third-order valence-corrected chi connectivity index (χ3v) is 4.65. The van der Waals surface area contributed by atoms with Crippen molar-refractivity contribution in [3.63, 3.8) is 0 Å². The Bertz CT molecular complexity index is 693. The first kappa shape index (κ1) is 12.7. The van der Waals surface area contributed by atoms with Crippen LogP contribution in [-0.4, -0.2) is 45.5 Å². The molecule has 0 aliphatic carbocycles. The van der Waals surface area contributed by atoms with E-state index in [1.54, 1.807) is 24.0 Å². The van der Waals surface area contributed by atoms with E-state index in [1.165, 1.54) is 4.70 Å². The third-order valence-electron chi connectivity index (χ3n) is 3.55. The number of aromatic nitrogens is 4. The van der Waals surface area contributed by atoms with Gasteiger partial charge in [0.2, 0.25) is 0 Å². The first-order chi connectivity index (χ1) is 10.4. The molecule has 7 heteroatoms. The molecule has 1 atom stereocenters. The zero-order chi connectivity index (χ0) is 14.1. The van der Waals surface area contributed by atoms with Crippen LogP contribution < -0.4 is 4.90 Å². The summed E-state index contributed by atoms with van der Waals surface area (Å²) in [7, 11) is 0. The van der Waals surface area contributed by atoms with Crippen molar-refractivity contribution >= 4 is 26.7 Å². The molecule has 1 saturated heterocycles. The Morgan fingerprint density at radius 1 is 1.33 bits per heavy atom. The van der Waals surface area contributed by atoms with Crippen LogP contribution in [0.5, 0.6) is 0 Å². The van der Waals surface area contributed by atoms with Gasteiger partial charge in [-0.3, -0.25) is 4.68 Å². The summed E-state index contributed by atoms with van der Waals surface area (Å²) < 4.78 is 8.86. The van der Waals surface area contributed by atoms with Gasteiger partial charge in [-0.1, -0.05) is 23.5 Å². The molecule has 1 aromatic carbocycles. The number of thiazole rings is 1. The lowest BCUT2D eigenvalue weighted by Crippen LogP contribution is -2.44. The minimum atomic E-state index is 0.118. The van der Waals surface area contributed by atoms with Crippen molar-refractivity contribution in [1.29, 1.82) is 0 Å². The third kappa shape index (κ3) is 2.62. The lowest BCUT2D eigenvalue weighted by atomic mass is 10.3. The van der Waals surface area contributed by atoms with E-state index < -0.39 is 0 Å². The van der Waals surface area contributed by atoms with Gasteiger partial charge in [-0.25, -0.2) is 9.97 Å². The highest BCUT2D eigenvalue weighted by Gasteiger charge is 2.23. The van der Waals surface area contributed by atoms with Gasteiger partial charge in [0.1, 0.15) is 12.7 Å². The normalized spacial score (nSPS) is 19.2. The number of benzene rings is 1. The zero-order valence-corrected chi connectivity index (χ0v) is 12.2. The van der Waals surface area contributed by atoms with Crippen molar-refractivity contribution in [2.45, 2.75) is 12.6 Å². The van der Waals surface area contributed by atoms with Gasteiger partial charge in [0, 0.05) is 13.1 Å². The SMILES string of the molecule is c1ccc2sc(N3CCO[C@@H](Cn4cncn4)C3)nc2c1. The maximum atomic E-state index is 5.82. The molecule has 1 aliphatic rings. The molecule has 6 nitrogen and oxygen atoms in total. The van der Waals surface area contributed by atoms with Crippen LogP contribution in [0, 0.1) is 0 Å². The summed E-state index contributed by atoms with van der Waals surface area (Å²) >= 11 is 1.74. The molecule has 0 bridgehead atoms. The van der Waals surface area contributed by atoms with Crippen LogP contribution in [0.25, 0.3) is 10.2 Å². The quantitative estimate of drug-likeness (QED) is 0.738. The fourth-order valence-corrected chi connectivity index (χ4v) is 3.53. The van der Waals surface area contributed by atoms with E-state index in [9.17, 15) is 0 Å². The Morgan fingerprint density at radius 2 is 2.29 bits per heavy atom. The molecule has 3 aromatic rings. The van der Waals surface area contributed by atoms with Crippen LogP contribution in [0.2, 0.25) is 0 Å². The molecular formula is C14H15N5OS. The van der Waals surface area contributed by atoms with E-state index >= 15 is 0 Å². The zero-order valence-electron chi connectivity index (χ0n) is 11.4. The Morgan fingerprint density at radius 3 is 3.14 bits per heavy atom. The molecule has 0 N–H and O–H groups in total. The van der Waals surface area contributed by atoms with Crippen molar-refractivity contribution in [3.8, 4) is 0 Å². The molecule has 4 rings (SSSR count). The van der Waals surface area contributed by atoms with E-state index in [2.05, 4.69) is 33.2 Å². The number of morpholine rings is 1. The second-order valence-electron chi connectivity index (χ2n) is 5.02. The highest BCUT2D eigenvalue weighted by Crippen LogP contribution is 2.29. The maximum Gasteiger partial charge on any atom is 0.186 e. The standard InChI is InChI=1S/C14H15N5OS/c1-2-4-13-12(3-1)17-14(21-13)18-5-6-20-11(7-18)8-19-10-15-9-16-19/h1-4,9-11H,5-8H2/t11-/m1/s1. The Labute approximate surface area is 126 Å². The Kier molecular flexibility index (Phi) is 3.28. The number of rotatable bonds is 3. The first-order valence-corrected chi connectivity index (χ1v) is 7.75. The fourth-order valence-electron chi connectivity index (χ4n) is 2.53. The molecule has 108 valence electrons. The van der Waals surface area contributed by atoms with Gasteiger partial charge in [-0.2, -0.15) is 5.10 Å². The number of para-hydroxylation sites is 1. The summed E-state index contributed by atoms with van der Waals surface area (Å²) in [5.41, 5.74) is 1.07. The first-order valence-electron chi connectivity index (χ1n) is 6.93. The predicted molar refractivity (Wildman–Crippen MR) is 81.6 cm³/mol. The lowest BCUT2D eigenvalue weighted by molar-refractivity contribution is 0.0273. The topological polar surface area (TPSA) is 56.1 Å². The molecule has 0 amide bonds. The lowest BCUT2D eigenvalue weighted by Gasteiger charge is -2.32. The van der Waals surface area contributed by atoms with Crippen molar-refractivity contribution in [1.82, 2.24) is 19.7 Å². The molecule has 1 fully saturated rings. The number of fused-ring (bicyclic) bond motifs is 1. The average Bonchev–Trinajstić information content (AvgIpc) is 3.16. The molecular weight excluding hydrogens is 286 g/mol. The second-order valence-corrected chi connectivity index (χ2v) is 6.03. The summed E-state index contributed by atoms with van der Waals surface area (Å²) in [5.74, 6) is 0. The monoisotopic (exact) mass is 301 g/mol. The van der Waals surface area contributed by atoms with Gasteiger partial charge in [-0.05, 0) is 12.1 Å². The van der Waals surface area contributed by atoms with Crippen LogP contribution in [0.15, 0.2) is 36.9 Å². The van der Waals surface area contributed by atoms with Gasteiger partial charge in [-0.15, -0.1) is 0 Å². The van der Waals surface area contributed by atoms with Crippen molar-refractivity contribution in [3.05, 3.63) is 36.9 Å². The van der Waals surface area contributed by atoms with Gasteiger partial charge < -0.3 is 9.64 Å². The van der Waals surface area contributed by atoms with Crippen molar-refractivity contribution in [2.75, 3.05) is 24.6 Å². The van der Waals surface area contributed by atoms with Crippen molar-refractivity contribution in [2.24, 2.45) is 0 Å². The number of anilines is 1. The molecule has 0 radical (unpaired) electrons. The van der Waals surface area contributed by atoms with Crippen LogP contribution >= 0.6 is 11.3 Å². The summed E-state index contributed by atoms with van der Waals surface area (Å²) in [6.45, 7) is 3.16. The maximum absolute atomic E-state index is 5.82. The van der Waals surface area contributed by atoms with Gasteiger partial charge in [0.15, 0.2) is 5.13 Å². The van der Waals surface area contributed by atoms with Crippen LogP contribution in [0.4, 0.5) is 5.13 Å². The van der Waals surface area contributed by atoms with Crippen LogP contribution in [-0.2, 0) is 11.3 Å².